The molecule has 0 aromatic heterocycles. The van der Waals surface area contributed by atoms with Gasteiger partial charge in [-0.2, -0.15) is 0 Å². The summed E-state index contributed by atoms with van der Waals surface area (Å²) in [5.41, 5.74) is 1.67. The zero-order valence-corrected chi connectivity index (χ0v) is 22.1. The molecule has 1 saturated heterocycles. The van der Waals surface area contributed by atoms with E-state index in [1.54, 1.807) is 0 Å². The molecular weight excluding hydrogens is 532 g/mol. The van der Waals surface area contributed by atoms with Crippen molar-refractivity contribution < 1.29 is 9.84 Å². The van der Waals surface area contributed by atoms with Crippen LogP contribution in [0.2, 0.25) is 0 Å². The fourth-order valence-electron chi connectivity index (χ4n) is 5.03. The number of hydrogen-bond donors (Lipinski definition) is 1. The van der Waals surface area contributed by atoms with E-state index >= 15 is 0 Å². The van der Waals surface area contributed by atoms with Gasteiger partial charge < -0.3 is 19.6 Å². The second-order valence-electron chi connectivity index (χ2n) is 9.41. The van der Waals surface area contributed by atoms with Gasteiger partial charge in [0.15, 0.2) is 0 Å². The van der Waals surface area contributed by atoms with Crippen LogP contribution in [0.5, 0.6) is 5.75 Å². The average molecular weight is 566 g/mol. The van der Waals surface area contributed by atoms with Gasteiger partial charge in [0.25, 0.3) is 0 Å². The van der Waals surface area contributed by atoms with Crippen LogP contribution in [0.4, 0.5) is 0 Å². The van der Waals surface area contributed by atoms with Crippen LogP contribution in [0.15, 0.2) is 51.4 Å². The first-order chi connectivity index (χ1) is 15.4. The Labute approximate surface area is 209 Å². The molecule has 174 valence electrons. The van der Waals surface area contributed by atoms with Crippen LogP contribution in [0.1, 0.15) is 49.1 Å². The van der Waals surface area contributed by atoms with Crippen LogP contribution in [0, 0.1) is 0 Å². The van der Waals surface area contributed by atoms with Crippen LogP contribution in [0.3, 0.4) is 0 Å². The van der Waals surface area contributed by atoms with E-state index in [0.717, 1.165) is 78.7 Å². The monoisotopic (exact) mass is 564 g/mol. The van der Waals surface area contributed by atoms with E-state index in [1.165, 1.54) is 12.0 Å². The molecule has 0 amide bonds. The van der Waals surface area contributed by atoms with Gasteiger partial charge in [0.1, 0.15) is 12.4 Å². The van der Waals surface area contributed by atoms with Crippen LogP contribution in [-0.2, 0) is 6.61 Å². The largest absolute Gasteiger partial charge is 0.487 e. The van der Waals surface area contributed by atoms with Gasteiger partial charge in [-0.05, 0) is 75.0 Å². The molecule has 1 heterocycles. The molecule has 1 N–H and O–H groups in total. The van der Waals surface area contributed by atoms with Gasteiger partial charge in [-0.25, -0.2) is 0 Å². The lowest BCUT2D eigenvalue weighted by Gasteiger charge is -2.43. The number of hydrogen-bond acceptors (Lipinski definition) is 4. The molecule has 2 aromatic rings. The molecule has 32 heavy (non-hydrogen) atoms. The van der Waals surface area contributed by atoms with Crippen LogP contribution >= 0.6 is 31.9 Å². The molecule has 2 fully saturated rings. The third-order valence-electron chi connectivity index (χ3n) is 7.05. The summed E-state index contributed by atoms with van der Waals surface area (Å²) in [6.45, 7) is 5.71. The minimum Gasteiger partial charge on any atom is -0.487 e. The molecule has 4 rings (SSSR count). The molecule has 1 aliphatic carbocycles. The highest BCUT2D eigenvalue weighted by Gasteiger charge is 2.40. The maximum absolute atomic E-state index is 11.8. The standard InChI is InChI=1S/C26H34Br2N2O2/c1-29-12-14-30(15-13-29)18-22(26(31)10-6-3-7-11-26)21-16-23(27)25(24(28)17-21)32-19-20-8-4-2-5-9-20/h2,4-5,8-9,16-17,22,31H,3,6-7,10-15,18-19H2,1H3. The van der Waals surface area contributed by atoms with E-state index in [-0.39, 0.29) is 5.92 Å². The lowest BCUT2D eigenvalue weighted by Crippen LogP contribution is -2.50. The Bertz CT molecular complexity index is 856. The number of aliphatic hydroxyl groups is 1. The lowest BCUT2D eigenvalue weighted by atomic mass is 9.72. The summed E-state index contributed by atoms with van der Waals surface area (Å²) in [6.07, 6.45) is 5.20. The van der Waals surface area contributed by atoms with Gasteiger partial charge in [-0.3, -0.25) is 0 Å². The summed E-state index contributed by atoms with van der Waals surface area (Å²) in [5, 5.41) is 11.8. The van der Waals surface area contributed by atoms with Crippen molar-refractivity contribution in [1.29, 1.82) is 0 Å². The minimum absolute atomic E-state index is 0.0852. The molecule has 2 aromatic carbocycles. The Morgan fingerprint density at radius 3 is 2.22 bits per heavy atom. The molecule has 0 radical (unpaired) electrons. The maximum Gasteiger partial charge on any atom is 0.148 e. The Kier molecular flexibility index (Phi) is 8.33. The smallest absolute Gasteiger partial charge is 0.148 e. The Hall–Kier alpha value is -0.920. The molecule has 1 atom stereocenters. The number of ether oxygens (including phenoxy) is 1. The number of benzene rings is 2. The minimum atomic E-state index is -0.646. The summed E-state index contributed by atoms with van der Waals surface area (Å²) >= 11 is 7.52. The maximum atomic E-state index is 11.8. The zero-order chi connectivity index (χ0) is 22.6. The highest BCUT2D eigenvalue weighted by molar-refractivity contribution is 9.11. The first-order valence-corrected chi connectivity index (χ1v) is 13.3. The van der Waals surface area contributed by atoms with Gasteiger partial charge >= 0.3 is 0 Å². The van der Waals surface area contributed by atoms with Gasteiger partial charge in [0.2, 0.25) is 0 Å². The summed E-state index contributed by atoms with van der Waals surface area (Å²) in [7, 11) is 2.19. The Morgan fingerprint density at radius 2 is 1.59 bits per heavy atom. The second kappa shape index (κ2) is 11.0. The first-order valence-electron chi connectivity index (χ1n) is 11.7. The molecule has 6 heteroatoms. The van der Waals surface area contributed by atoms with Crippen molar-refractivity contribution in [2.24, 2.45) is 0 Å². The van der Waals surface area contributed by atoms with Crippen molar-refractivity contribution in [3.05, 3.63) is 62.5 Å². The number of rotatable bonds is 7. The van der Waals surface area contributed by atoms with E-state index in [2.05, 4.69) is 73.0 Å². The lowest BCUT2D eigenvalue weighted by molar-refractivity contribution is -0.0337. The van der Waals surface area contributed by atoms with Crippen molar-refractivity contribution in [1.82, 2.24) is 9.80 Å². The highest BCUT2D eigenvalue weighted by atomic mass is 79.9. The normalized spacial score (nSPS) is 20.8. The van der Waals surface area contributed by atoms with Crippen LogP contribution < -0.4 is 4.74 Å². The summed E-state index contributed by atoms with van der Waals surface area (Å²) in [6, 6.07) is 14.5. The quantitative estimate of drug-likeness (QED) is 0.459. The fourth-order valence-corrected chi connectivity index (χ4v) is 6.49. The van der Waals surface area contributed by atoms with Crippen molar-refractivity contribution in [3.63, 3.8) is 0 Å². The van der Waals surface area contributed by atoms with Gasteiger partial charge in [-0.15, -0.1) is 0 Å². The first kappa shape index (κ1) is 24.2. The summed E-state index contributed by atoms with van der Waals surface area (Å²) < 4.78 is 8.01. The van der Waals surface area contributed by atoms with Gasteiger partial charge in [-0.1, -0.05) is 49.6 Å². The van der Waals surface area contributed by atoms with E-state index in [0.29, 0.717) is 6.61 Å². The third-order valence-corrected chi connectivity index (χ3v) is 8.23. The van der Waals surface area contributed by atoms with Crippen molar-refractivity contribution in [2.75, 3.05) is 39.8 Å². The Balaban J connectivity index is 1.57. The second-order valence-corrected chi connectivity index (χ2v) is 11.1. The summed E-state index contributed by atoms with van der Waals surface area (Å²) in [5.74, 6) is 0.897. The molecule has 1 aliphatic heterocycles. The zero-order valence-electron chi connectivity index (χ0n) is 18.9. The molecular formula is C26H34Br2N2O2. The van der Waals surface area contributed by atoms with Gasteiger partial charge in [0, 0.05) is 38.6 Å². The van der Waals surface area contributed by atoms with E-state index in [1.807, 2.05) is 18.2 Å². The van der Waals surface area contributed by atoms with Crippen LogP contribution in [0.25, 0.3) is 0 Å². The van der Waals surface area contributed by atoms with Gasteiger partial charge in [0.05, 0.1) is 14.5 Å². The number of likely N-dealkylation sites (N-methyl/N-ethyl adjacent to an activating group) is 1. The highest BCUT2D eigenvalue weighted by Crippen LogP contribution is 2.44. The fraction of sp³-hybridized carbons (Fsp3) is 0.538. The predicted octanol–water partition coefficient (Wildman–Crippen LogP) is 5.82. The van der Waals surface area contributed by atoms with E-state index < -0.39 is 5.60 Å². The Morgan fingerprint density at radius 1 is 0.969 bits per heavy atom. The van der Waals surface area contributed by atoms with Crippen molar-refractivity contribution >= 4 is 31.9 Å². The number of piperazine rings is 1. The topological polar surface area (TPSA) is 35.9 Å². The molecule has 1 saturated carbocycles. The number of halogens is 2. The molecule has 4 nitrogen and oxygen atoms in total. The number of nitrogens with zero attached hydrogens (tertiary/aromatic N) is 2. The average Bonchev–Trinajstić information content (AvgIpc) is 2.79. The molecule has 2 aliphatic rings. The van der Waals surface area contributed by atoms with Crippen molar-refractivity contribution in [2.45, 2.75) is 50.2 Å². The molecule has 0 spiro atoms. The van der Waals surface area contributed by atoms with Crippen LogP contribution in [-0.4, -0.2) is 60.3 Å². The predicted molar refractivity (Wildman–Crippen MR) is 137 cm³/mol. The van der Waals surface area contributed by atoms with E-state index in [9.17, 15) is 5.11 Å². The SMILES string of the molecule is CN1CCN(CC(c2cc(Br)c(OCc3ccccc3)c(Br)c2)C2(O)CCCCC2)CC1. The van der Waals surface area contributed by atoms with E-state index in [4.69, 9.17) is 4.74 Å². The molecule has 0 bridgehead atoms. The molecule has 1 unspecified atom stereocenters. The third kappa shape index (κ3) is 5.95. The summed E-state index contributed by atoms with van der Waals surface area (Å²) in [4.78, 5) is 4.91. The van der Waals surface area contributed by atoms with Crippen molar-refractivity contribution in [3.8, 4) is 5.75 Å².